The highest BCUT2D eigenvalue weighted by molar-refractivity contribution is 9.10. The monoisotopic (exact) mass is 386 g/mol. The Bertz CT molecular complexity index is 748. The average molecular weight is 387 g/mol. The molecule has 0 aliphatic rings. The summed E-state index contributed by atoms with van der Waals surface area (Å²) in [5, 5.41) is 0. The third-order valence-corrected chi connectivity index (χ3v) is 4.80. The highest BCUT2D eigenvalue weighted by Crippen LogP contribution is 2.27. The number of aromatic nitrogens is 1. The van der Waals surface area contributed by atoms with E-state index in [0.717, 1.165) is 5.56 Å². The van der Waals surface area contributed by atoms with Crippen LogP contribution in [0.1, 0.15) is 5.56 Å². The fourth-order valence-corrected chi connectivity index (χ4v) is 3.48. The third-order valence-electron chi connectivity index (χ3n) is 2.89. The van der Waals surface area contributed by atoms with E-state index in [4.69, 9.17) is 9.47 Å². The summed E-state index contributed by atoms with van der Waals surface area (Å²) in [7, 11) is -0.759. The van der Waals surface area contributed by atoms with E-state index in [9.17, 15) is 8.42 Å². The second-order valence-electron chi connectivity index (χ2n) is 4.33. The summed E-state index contributed by atoms with van der Waals surface area (Å²) in [4.78, 5) is 4.10. The second-order valence-corrected chi connectivity index (χ2v) is 6.98. The Balaban J connectivity index is 2.18. The Morgan fingerprint density at radius 2 is 1.95 bits per heavy atom. The quantitative estimate of drug-likeness (QED) is 0.824. The largest absolute Gasteiger partial charge is 0.495 e. The Hall–Kier alpha value is -1.64. The summed E-state index contributed by atoms with van der Waals surface area (Å²) in [5.41, 5.74) is 0.721. The highest BCUT2D eigenvalue weighted by atomic mass is 79.9. The molecule has 2 rings (SSSR count). The maximum absolute atomic E-state index is 12.4. The summed E-state index contributed by atoms with van der Waals surface area (Å²) < 4.78 is 38.0. The van der Waals surface area contributed by atoms with Gasteiger partial charge in [0.2, 0.25) is 15.9 Å². The molecule has 0 amide bonds. The van der Waals surface area contributed by atoms with Crippen LogP contribution in [0.4, 0.5) is 0 Å². The zero-order chi connectivity index (χ0) is 16.2. The van der Waals surface area contributed by atoms with Gasteiger partial charge in [-0.15, -0.1) is 0 Å². The van der Waals surface area contributed by atoms with Crippen molar-refractivity contribution in [3.63, 3.8) is 0 Å². The highest BCUT2D eigenvalue weighted by Gasteiger charge is 2.19. The number of methoxy groups -OCH3 is 2. The molecule has 1 heterocycles. The van der Waals surface area contributed by atoms with Crippen molar-refractivity contribution >= 4 is 26.0 Å². The van der Waals surface area contributed by atoms with Crippen molar-refractivity contribution in [2.24, 2.45) is 0 Å². The minimum atomic E-state index is -3.70. The fourth-order valence-electron chi connectivity index (χ4n) is 1.75. The van der Waals surface area contributed by atoms with Gasteiger partial charge in [-0.3, -0.25) is 0 Å². The molecule has 0 fully saturated rings. The Labute approximate surface area is 137 Å². The topological polar surface area (TPSA) is 77.5 Å². The molecule has 1 N–H and O–H groups in total. The maximum atomic E-state index is 12.4. The third kappa shape index (κ3) is 3.96. The number of pyridine rings is 1. The molecular weight excluding hydrogens is 372 g/mol. The lowest BCUT2D eigenvalue weighted by atomic mass is 10.3. The van der Waals surface area contributed by atoms with Crippen LogP contribution in [0.25, 0.3) is 0 Å². The molecule has 22 heavy (non-hydrogen) atoms. The van der Waals surface area contributed by atoms with Gasteiger partial charge in [0.1, 0.15) is 10.6 Å². The molecule has 0 bridgehead atoms. The van der Waals surface area contributed by atoms with Gasteiger partial charge in [0.25, 0.3) is 0 Å². The standard InChI is InChI=1S/C14H15BrN2O4S/c1-20-12-5-4-11(15)7-13(12)22(18,19)17-9-10-3-6-14(21-2)16-8-10/h3-8,17H,9H2,1-2H3. The Morgan fingerprint density at radius 3 is 2.55 bits per heavy atom. The first kappa shape index (κ1) is 16.7. The van der Waals surface area contributed by atoms with E-state index in [0.29, 0.717) is 10.4 Å². The van der Waals surface area contributed by atoms with Crippen LogP contribution in [0.5, 0.6) is 11.6 Å². The van der Waals surface area contributed by atoms with E-state index in [1.807, 2.05) is 0 Å². The van der Waals surface area contributed by atoms with Crippen molar-refractivity contribution in [1.82, 2.24) is 9.71 Å². The normalized spacial score (nSPS) is 11.2. The first-order valence-electron chi connectivity index (χ1n) is 6.28. The van der Waals surface area contributed by atoms with E-state index in [1.165, 1.54) is 20.3 Å². The van der Waals surface area contributed by atoms with Crippen molar-refractivity contribution < 1.29 is 17.9 Å². The van der Waals surface area contributed by atoms with Crippen molar-refractivity contribution in [3.05, 3.63) is 46.6 Å². The lowest BCUT2D eigenvalue weighted by Crippen LogP contribution is -2.23. The molecule has 8 heteroatoms. The lowest BCUT2D eigenvalue weighted by Gasteiger charge is -2.11. The molecule has 1 aromatic carbocycles. The predicted molar refractivity (Wildman–Crippen MR) is 85.5 cm³/mol. The van der Waals surface area contributed by atoms with Gasteiger partial charge in [-0.2, -0.15) is 0 Å². The van der Waals surface area contributed by atoms with Crippen LogP contribution in [0.3, 0.4) is 0 Å². The molecule has 118 valence electrons. The van der Waals surface area contributed by atoms with Crippen LogP contribution in [0, 0.1) is 0 Å². The molecule has 0 saturated carbocycles. The predicted octanol–water partition coefficient (Wildman–Crippen LogP) is 2.34. The molecule has 1 aromatic heterocycles. The SMILES string of the molecule is COc1ccc(CNS(=O)(=O)c2cc(Br)ccc2OC)cn1. The number of rotatable bonds is 6. The molecule has 0 aliphatic heterocycles. The first-order valence-corrected chi connectivity index (χ1v) is 8.56. The van der Waals surface area contributed by atoms with Crippen molar-refractivity contribution in [3.8, 4) is 11.6 Å². The Kier molecular flexibility index (Phi) is 5.38. The number of nitrogens with one attached hydrogen (secondary N) is 1. The van der Waals surface area contributed by atoms with E-state index in [-0.39, 0.29) is 17.2 Å². The van der Waals surface area contributed by atoms with Crippen molar-refractivity contribution in [2.45, 2.75) is 11.4 Å². The molecule has 0 spiro atoms. The smallest absolute Gasteiger partial charge is 0.244 e. The fraction of sp³-hybridized carbons (Fsp3) is 0.214. The van der Waals surface area contributed by atoms with Crippen LogP contribution in [0.15, 0.2) is 45.9 Å². The van der Waals surface area contributed by atoms with Crippen LogP contribution in [0.2, 0.25) is 0 Å². The lowest BCUT2D eigenvalue weighted by molar-refractivity contribution is 0.397. The number of hydrogen-bond acceptors (Lipinski definition) is 5. The molecule has 0 radical (unpaired) electrons. The van der Waals surface area contributed by atoms with E-state index < -0.39 is 10.0 Å². The zero-order valence-corrected chi connectivity index (χ0v) is 14.4. The van der Waals surface area contributed by atoms with Gasteiger partial charge in [0, 0.05) is 23.3 Å². The molecule has 0 aliphatic carbocycles. The van der Waals surface area contributed by atoms with Crippen molar-refractivity contribution in [2.75, 3.05) is 14.2 Å². The van der Waals surface area contributed by atoms with Gasteiger partial charge in [-0.1, -0.05) is 22.0 Å². The number of benzene rings is 1. The van der Waals surface area contributed by atoms with Gasteiger partial charge in [0.15, 0.2) is 0 Å². The maximum Gasteiger partial charge on any atom is 0.244 e. The van der Waals surface area contributed by atoms with E-state index >= 15 is 0 Å². The van der Waals surface area contributed by atoms with E-state index in [1.54, 1.807) is 30.5 Å². The minimum absolute atomic E-state index is 0.0749. The summed E-state index contributed by atoms with van der Waals surface area (Å²) in [6, 6.07) is 8.21. The van der Waals surface area contributed by atoms with Gasteiger partial charge >= 0.3 is 0 Å². The minimum Gasteiger partial charge on any atom is -0.495 e. The van der Waals surface area contributed by atoms with Crippen molar-refractivity contribution in [1.29, 1.82) is 0 Å². The molecule has 0 atom stereocenters. The number of hydrogen-bond donors (Lipinski definition) is 1. The number of halogens is 1. The number of sulfonamides is 1. The van der Waals surface area contributed by atoms with E-state index in [2.05, 4.69) is 25.6 Å². The summed E-state index contributed by atoms with van der Waals surface area (Å²) in [6.07, 6.45) is 1.56. The Morgan fingerprint density at radius 1 is 1.18 bits per heavy atom. The molecular formula is C14H15BrN2O4S. The average Bonchev–Trinajstić information content (AvgIpc) is 2.53. The van der Waals surface area contributed by atoms with Crippen LogP contribution >= 0.6 is 15.9 Å². The summed E-state index contributed by atoms with van der Waals surface area (Å²) in [5.74, 6) is 0.754. The van der Waals surface area contributed by atoms with Crippen LogP contribution < -0.4 is 14.2 Å². The van der Waals surface area contributed by atoms with Gasteiger partial charge in [-0.25, -0.2) is 18.1 Å². The van der Waals surface area contributed by atoms with Gasteiger partial charge in [-0.05, 0) is 23.8 Å². The number of nitrogens with zero attached hydrogens (tertiary/aromatic N) is 1. The summed E-state index contributed by atoms with van der Waals surface area (Å²) in [6.45, 7) is 0.120. The molecule has 0 unspecified atom stereocenters. The number of ether oxygens (including phenoxy) is 2. The molecule has 6 nitrogen and oxygen atoms in total. The van der Waals surface area contributed by atoms with Crippen LogP contribution in [-0.4, -0.2) is 27.6 Å². The van der Waals surface area contributed by atoms with Gasteiger partial charge in [0.05, 0.1) is 14.2 Å². The molecule has 2 aromatic rings. The zero-order valence-electron chi connectivity index (χ0n) is 12.0. The molecule has 0 saturated heterocycles. The van der Waals surface area contributed by atoms with Gasteiger partial charge < -0.3 is 9.47 Å². The second kappa shape index (κ2) is 7.08. The van der Waals surface area contributed by atoms with Crippen LogP contribution in [-0.2, 0) is 16.6 Å². The summed E-state index contributed by atoms with van der Waals surface area (Å²) >= 11 is 3.26. The first-order chi connectivity index (χ1) is 10.5.